The number of aromatic nitrogens is 1. The summed E-state index contributed by atoms with van der Waals surface area (Å²) >= 11 is 0. The van der Waals surface area contributed by atoms with Crippen molar-refractivity contribution in [3.63, 3.8) is 0 Å². The normalized spacial score (nSPS) is 12.0. The SMILES string of the molecule is COc1ccc(-c2cc3[n+](cc2-c2ccc(OC)c(OC)c2)CCC3)cc1OC.[Br-]. The number of fused-ring (bicyclic) bond motifs is 1. The first-order chi connectivity index (χ1) is 14.2. The van der Waals surface area contributed by atoms with E-state index >= 15 is 0 Å². The van der Waals surface area contributed by atoms with Crippen molar-refractivity contribution in [2.75, 3.05) is 28.4 Å². The summed E-state index contributed by atoms with van der Waals surface area (Å²) in [5, 5.41) is 0. The minimum absolute atomic E-state index is 0. The predicted molar refractivity (Wildman–Crippen MR) is 112 cm³/mol. The number of methoxy groups -OCH3 is 4. The average molecular weight is 472 g/mol. The fourth-order valence-corrected chi connectivity index (χ4v) is 3.97. The van der Waals surface area contributed by atoms with Crippen LogP contribution in [0.25, 0.3) is 22.3 Å². The molecule has 2 heterocycles. The van der Waals surface area contributed by atoms with Crippen LogP contribution in [0.3, 0.4) is 0 Å². The van der Waals surface area contributed by atoms with Gasteiger partial charge in [0.2, 0.25) is 0 Å². The summed E-state index contributed by atoms with van der Waals surface area (Å²) < 4.78 is 24.2. The number of halogens is 1. The van der Waals surface area contributed by atoms with Crippen LogP contribution >= 0.6 is 0 Å². The molecule has 0 fully saturated rings. The number of pyridine rings is 1. The quantitative estimate of drug-likeness (QED) is 0.508. The molecule has 1 aliphatic heterocycles. The molecule has 0 unspecified atom stereocenters. The van der Waals surface area contributed by atoms with Gasteiger partial charge in [-0.3, -0.25) is 0 Å². The van der Waals surface area contributed by atoms with Crippen molar-refractivity contribution >= 4 is 0 Å². The molecule has 158 valence electrons. The maximum absolute atomic E-state index is 5.54. The molecule has 6 heteroatoms. The molecule has 0 aliphatic carbocycles. The van der Waals surface area contributed by atoms with Gasteiger partial charge in [-0.25, -0.2) is 4.57 Å². The third-order valence-electron chi connectivity index (χ3n) is 5.48. The summed E-state index contributed by atoms with van der Waals surface area (Å²) in [7, 11) is 6.63. The third-order valence-corrected chi connectivity index (χ3v) is 5.48. The van der Waals surface area contributed by atoms with Crippen molar-refractivity contribution in [3.05, 3.63) is 54.4 Å². The average Bonchev–Trinajstić information content (AvgIpc) is 3.24. The molecule has 0 saturated carbocycles. The molecular formula is C24H26BrNO4. The van der Waals surface area contributed by atoms with E-state index in [4.69, 9.17) is 18.9 Å². The van der Waals surface area contributed by atoms with Crippen molar-refractivity contribution in [1.82, 2.24) is 0 Å². The van der Waals surface area contributed by atoms with Crippen LogP contribution < -0.4 is 40.5 Å². The van der Waals surface area contributed by atoms with Gasteiger partial charge in [0.05, 0.1) is 34.0 Å². The van der Waals surface area contributed by atoms with E-state index in [9.17, 15) is 0 Å². The summed E-state index contributed by atoms with van der Waals surface area (Å²) in [4.78, 5) is 0. The van der Waals surface area contributed by atoms with Crippen molar-refractivity contribution in [2.45, 2.75) is 19.4 Å². The topological polar surface area (TPSA) is 40.8 Å². The number of hydrogen-bond acceptors (Lipinski definition) is 4. The number of hydrogen-bond donors (Lipinski definition) is 0. The number of aryl methyl sites for hydroxylation is 2. The second kappa shape index (κ2) is 9.39. The number of nitrogens with zero attached hydrogens (tertiary/aromatic N) is 1. The summed E-state index contributed by atoms with van der Waals surface area (Å²) in [6.45, 7) is 1.04. The van der Waals surface area contributed by atoms with Gasteiger partial charge < -0.3 is 35.9 Å². The number of rotatable bonds is 6. The zero-order valence-corrected chi connectivity index (χ0v) is 19.3. The van der Waals surface area contributed by atoms with Crippen molar-refractivity contribution in [2.24, 2.45) is 0 Å². The minimum Gasteiger partial charge on any atom is -1.00 e. The Morgan fingerprint density at radius 2 is 1.20 bits per heavy atom. The molecule has 1 aromatic heterocycles. The first-order valence-corrected chi connectivity index (χ1v) is 9.69. The Morgan fingerprint density at radius 3 is 1.73 bits per heavy atom. The van der Waals surface area contributed by atoms with Crippen LogP contribution in [-0.4, -0.2) is 28.4 Å². The fraction of sp³-hybridized carbons (Fsp3) is 0.292. The first kappa shape index (κ1) is 22.0. The van der Waals surface area contributed by atoms with Gasteiger partial charge >= 0.3 is 0 Å². The summed E-state index contributed by atoms with van der Waals surface area (Å²) in [6.07, 6.45) is 4.50. The summed E-state index contributed by atoms with van der Waals surface area (Å²) in [6, 6.07) is 14.4. The van der Waals surface area contributed by atoms with Gasteiger partial charge in [0.1, 0.15) is 6.54 Å². The van der Waals surface area contributed by atoms with E-state index in [-0.39, 0.29) is 17.0 Å². The second-order valence-electron chi connectivity index (χ2n) is 7.03. The van der Waals surface area contributed by atoms with Gasteiger partial charge in [0.25, 0.3) is 0 Å². The molecule has 5 nitrogen and oxygen atoms in total. The van der Waals surface area contributed by atoms with Gasteiger partial charge in [-0.15, -0.1) is 0 Å². The van der Waals surface area contributed by atoms with Crippen molar-refractivity contribution in [1.29, 1.82) is 0 Å². The van der Waals surface area contributed by atoms with Gasteiger partial charge in [0, 0.05) is 24.5 Å². The highest BCUT2D eigenvalue weighted by Crippen LogP contribution is 2.39. The Hall–Kier alpha value is -2.73. The molecule has 1 aliphatic rings. The summed E-state index contributed by atoms with van der Waals surface area (Å²) in [5.74, 6) is 2.88. The van der Waals surface area contributed by atoms with E-state index in [1.54, 1.807) is 28.4 Å². The number of ether oxygens (including phenoxy) is 4. The second-order valence-corrected chi connectivity index (χ2v) is 7.03. The van der Waals surface area contributed by atoms with Crippen LogP contribution in [0.2, 0.25) is 0 Å². The largest absolute Gasteiger partial charge is 1.00 e. The van der Waals surface area contributed by atoms with Crippen LogP contribution in [0, 0.1) is 0 Å². The molecule has 3 aromatic rings. The Bertz CT molecular complexity index is 969. The summed E-state index contributed by atoms with van der Waals surface area (Å²) in [5.41, 5.74) is 5.81. The molecular weight excluding hydrogens is 446 g/mol. The van der Waals surface area contributed by atoms with Crippen LogP contribution in [0.1, 0.15) is 12.1 Å². The standard InChI is InChI=1S/C24H26NO4.BrH/c1-26-21-9-7-16(12-23(21)28-3)19-14-18-6-5-11-25(18)15-20(19)17-8-10-22(27-2)24(13-17)29-4;/h7-10,12-15H,5-6,11H2,1-4H3;1H/q+1;/p-1. The third kappa shape index (κ3) is 3.97. The molecule has 0 spiro atoms. The Morgan fingerprint density at radius 1 is 0.667 bits per heavy atom. The number of benzene rings is 2. The lowest BCUT2D eigenvalue weighted by atomic mass is 9.94. The van der Waals surface area contributed by atoms with Crippen LogP contribution in [-0.2, 0) is 13.0 Å². The van der Waals surface area contributed by atoms with Gasteiger partial charge in [-0.2, -0.15) is 0 Å². The molecule has 0 bridgehead atoms. The van der Waals surface area contributed by atoms with E-state index in [1.165, 1.54) is 12.1 Å². The smallest absolute Gasteiger partial charge is 0.182 e. The lowest BCUT2D eigenvalue weighted by molar-refractivity contribution is -0.690. The Balaban J connectivity index is 0.00000256. The molecule has 4 rings (SSSR count). The van der Waals surface area contributed by atoms with Gasteiger partial charge in [-0.05, 0) is 35.4 Å². The van der Waals surface area contributed by atoms with Crippen molar-refractivity contribution < 1.29 is 40.5 Å². The first-order valence-electron chi connectivity index (χ1n) is 9.69. The fourth-order valence-electron chi connectivity index (χ4n) is 3.97. The van der Waals surface area contributed by atoms with E-state index in [0.717, 1.165) is 52.5 Å². The van der Waals surface area contributed by atoms with E-state index in [1.807, 2.05) is 24.3 Å². The zero-order chi connectivity index (χ0) is 20.4. The molecule has 0 amide bonds. The molecule has 2 aromatic carbocycles. The minimum atomic E-state index is 0. The Kier molecular flexibility index (Phi) is 6.87. The monoisotopic (exact) mass is 471 g/mol. The maximum Gasteiger partial charge on any atom is 0.182 e. The highest BCUT2D eigenvalue weighted by atomic mass is 79.9. The van der Waals surface area contributed by atoms with Crippen molar-refractivity contribution in [3.8, 4) is 45.3 Å². The lowest BCUT2D eigenvalue weighted by Crippen LogP contribution is -3.00. The zero-order valence-electron chi connectivity index (χ0n) is 17.7. The molecule has 0 saturated heterocycles. The molecule has 30 heavy (non-hydrogen) atoms. The van der Waals surface area contributed by atoms with E-state index < -0.39 is 0 Å². The van der Waals surface area contributed by atoms with Gasteiger partial charge in [-0.1, -0.05) is 12.1 Å². The highest BCUT2D eigenvalue weighted by molar-refractivity contribution is 5.84. The molecule has 0 N–H and O–H groups in total. The van der Waals surface area contributed by atoms with Gasteiger partial charge in [0.15, 0.2) is 34.9 Å². The van der Waals surface area contributed by atoms with E-state index in [2.05, 4.69) is 29.0 Å². The van der Waals surface area contributed by atoms with Crippen LogP contribution in [0.5, 0.6) is 23.0 Å². The maximum atomic E-state index is 5.54. The molecule has 0 radical (unpaired) electrons. The molecule has 0 atom stereocenters. The predicted octanol–water partition coefficient (Wildman–Crippen LogP) is 1.29. The lowest BCUT2D eigenvalue weighted by Gasteiger charge is -2.14. The van der Waals surface area contributed by atoms with E-state index in [0.29, 0.717) is 5.75 Å². The van der Waals surface area contributed by atoms with Crippen LogP contribution in [0.4, 0.5) is 0 Å². The highest BCUT2D eigenvalue weighted by Gasteiger charge is 2.24. The van der Waals surface area contributed by atoms with Crippen LogP contribution in [0.15, 0.2) is 48.7 Å². The Labute approximate surface area is 187 Å².